The summed E-state index contributed by atoms with van der Waals surface area (Å²) in [5, 5.41) is 4.87. The summed E-state index contributed by atoms with van der Waals surface area (Å²) in [5.74, 6) is 0.324. The summed E-state index contributed by atoms with van der Waals surface area (Å²) < 4.78 is 10.4. The molecule has 23 heavy (non-hydrogen) atoms. The first-order chi connectivity index (χ1) is 11.2. The van der Waals surface area contributed by atoms with Crippen molar-refractivity contribution in [3.8, 4) is 22.8 Å². The number of fused-ring (bicyclic) bond motifs is 1. The molecule has 0 radical (unpaired) electrons. The third-order valence-corrected chi connectivity index (χ3v) is 3.60. The number of nitrogens with zero attached hydrogens (tertiary/aromatic N) is 3. The highest BCUT2D eigenvalue weighted by Crippen LogP contribution is 2.26. The van der Waals surface area contributed by atoms with Crippen LogP contribution in [0.4, 0.5) is 0 Å². The summed E-state index contributed by atoms with van der Waals surface area (Å²) in [6.07, 6.45) is 1.56. The second kappa shape index (κ2) is 5.33. The molecule has 0 saturated carbocycles. The van der Waals surface area contributed by atoms with Crippen molar-refractivity contribution in [3.63, 3.8) is 0 Å². The van der Waals surface area contributed by atoms with Gasteiger partial charge < -0.3 is 8.94 Å². The zero-order chi connectivity index (χ0) is 15.8. The quantitative estimate of drug-likeness (QED) is 0.414. The van der Waals surface area contributed by atoms with Gasteiger partial charge in [0.15, 0.2) is 0 Å². The molecule has 0 spiro atoms. The predicted molar refractivity (Wildman–Crippen MR) is 84.0 cm³/mol. The van der Waals surface area contributed by atoms with Crippen LogP contribution in [0.1, 0.15) is 0 Å². The van der Waals surface area contributed by atoms with E-state index in [9.17, 15) is 4.79 Å². The fourth-order valence-electron chi connectivity index (χ4n) is 2.21. The molecule has 112 valence electrons. The number of benzene rings is 1. The molecule has 4 rings (SSSR count). The van der Waals surface area contributed by atoms with E-state index in [0.29, 0.717) is 11.1 Å². The van der Waals surface area contributed by atoms with Gasteiger partial charge in [0.2, 0.25) is 5.82 Å². The van der Waals surface area contributed by atoms with Crippen LogP contribution in [0.3, 0.4) is 0 Å². The molecule has 0 atom stereocenters. The van der Waals surface area contributed by atoms with Crippen molar-refractivity contribution < 1.29 is 8.94 Å². The van der Waals surface area contributed by atoms with Crippen molar-refractivity contribution in [1.29, 1.82) is 0 Å². The molecule has 0 aliphatic rings. The maximum Gasteiger partial charge on any atom is 0.349 e. The minimum atomic E-state index is -0.545. The molecule has 0 bridgehead atoms. The Bertz CT molecular complexity index is 1070. The minimum Gasteiger partial charge on any atom is -0.422 e. The number of hydrogen-bond acceptors (Lipinski definition) is 6. The third-order valence-electron chi connectivity index (χ3n) is 3.30. The molecule has 1 aromatic carbocycles. The molecular formula is C16H8ClN3O3. The lowest BCUT2D eigenvalue weighted by Crippen LogP contribution is -2.02. The first-order valence-electron chi connectivity index (χ1n) is 6.70. The highest BCUT2D eigenvalue weighted by molar-refractivity contribution is 6.31. The van der Waals surface area contributed by atoms with Gasteiger partial charge in [0.1, 0.15) is 16.3 Å². The van der Waals surface area contributed by atoms with Gasteiger partial charge in [0.25, 0.3) is 5.89 Å². The number of aromatic nitrogens is 3. The Balaban J connectivity index is 1.85. The van der Waals surface area contributed by atoms with E-state index >= 15 is 0 Å². The molecular weight excluding hydrogens is 318 g/mol. The van der Waals surface area contributed by atoms with Gasteiger partial charge >= 0.3 is 5.63 Å². The Morgan fingerprint density at radius 2 is 1.91 bits per heavy atom. The summed E-state index contributed by atoms with van der Waals surface area (Å²) in [6, 6.07) is 12.3. The molecule has 0 aliphatic heterocycles. The van der Waals surface area contributed by atoms with Crippen LogP contribution in [0, 0.1) is 0 Å². The van der Waals surface area contributed by atoms with Crippen LogP contribution in [0.5, 0.6) is 0 Å². The molecule has 0 aliphatic carbocycles. The van der Waals surface area contributed by atoms with E-state index in [2.05, 4.69) is 15.1 Å². The molecule has 0 fully saturated rings. The topological polar surface area (TPSA) is 82.0 Å². The van der Waals surface area contributed by atoms with Crippen LogP contribution in [-0.4, -0.2) is 15.1 Å². The second-order valence-corrected chi connectivity index (χ2v) is 5.11. The van der Waals surface area contributed by atoms with Crippen molar-refractivity contribution in [1.82, 2.24) is 15.1 Å². The van der Waals surface area contributed by atoms with Crippen LogP contribution in [-0.2, 0) is 0 Å². The van der Waals surface area contributed by atoms with Gasteiger partial charge in [-0.25, -0.2) is 9.78 Å². The number of hydrogen-bond donors (Lipinski definition) is 0. The second-order valence-electron chi connectivity index (χ2n) is 4.75. The van der Waals surface area contributed by atoms with Crippen molar-refractivity contribution in [2.24, 2.45) is 0 Å². The predicted octanol–water partition coefficient (Wildman–Crippen LogP) is 3.56. The number of halogens is 1. The van der Waals surface area contributed by atoms with E-state index in [1.165, 1.54) is 0 Å². The number of pyridine rings is 1. The van der Waals surface area contributed by atoms with Crippen LogP contribution in [0.15, 0.2) is 62.4 Å². The molecule has 7 heteroatoms. The third kappa shape index (κ3) is 2.39. The molecule has 0 unspecified atom stereocenters. The number of para-hydroxylation sites is 1. The summed E-state index contributed by atoms with van der Waals surface area (Å²) in [7, 11) is 0. The Kier molecular flexibility index (Phi) is 3.17. The highest BCUT2D eigenvalue weighted by Gasteiger charge is 2.17. The lowest BCUT2D eigenvalue weighted by Gasteiger charge is -1.97. The lowest BCUT2D eigenvalue weighted by molar-refractivity contribution is 0.429. The molecule has 0 saturated heterocycles. The molecule has 0 amide bonds. The van der Waals surface area contributed by atoms with Crippen molar-refractivity contribution in [2.75, 3.05) is 0 Å². The van der Waals surface area contributed by atoms with E-state index < -0.39 is 5.63 Å². The lowest BCUT2D eigenvalue weighted by atomic mass is 10.2. The SMILES string of the molecule is O=c1oc2ccccc2cc1-c1nc(-c2cccnc2Cl)no1. The standard InChI is InChI=1S/C16H8ClN3O3/c17-13-10(5-3-7-18-13)14-19-15(23-20-14)11-8-9-4-1-2-6-12(9)22-16(11)21/h1-8H. The van der Waals surface area contributed by atoms with Gasteiger partial charge in [-0.3, -0.25) is 0 Å². The van der Waals surface area contributed by atoms with Gasteiger partial charge in [0.05, 0.1) is 5.56 Å². The summed E-state index contributed by atoms with van der Waals surface area (Å²) in [4.78, 5) is 20.3. The average molecular weight is 326 g/mol. The van der Waals surface area contributed by atoms with Crippen molar-refractivity contribution >= 4 is 22.6 Å². The fourth-order valence-corrected chi connectivity index (χ4v) is 2.41. The van der Waals surface area contributed by atoms with Gasteiger partial charge in [-0.05, 0) is 24.3 Å². The maximum absolute atomic E-state index is 12.1. The summed E-state index contributed by atoms with van der Waals surface area (Å²) in [6.45, 7) is 0. The van der Waals surface area contributed by atoms with E-state index in [1.54, 1.807) is 36.5 Å². The monoisotopic (exact) mass is 325 g/mol. The van der Waals surface area contributed by atoms with Crippen molar-refractivity contribution in [3.05, 3.63) is 64.2 Å². The van der Waals surface area contributed by atoms with Crippen molar-refractivity contribution in [2.45, 2.75) is 0 Å². The van der Waals surface area contributed by atoms with E-state index in [-0.39, 0.29) is 22.4 Å². The maximum atomic E-state index is 12.1. The zero-order valence-electron chi connectivity index (χ0n) is 11.6. The first kappa shape index (κ1) is 13.7. The number of rotatable bonds is 2. The Morgan fingerprint density at radius 3 is 2.78 bits per heavy atom. The van der Waals surface area contributed by atoms with E-state index in [4.69, 9.17) is 20.5 Å². The Hall–Kier alpha value is -2.99. The van der Waals surface area contributed by atoms with Gasteiger partial charge in [-0.1, -0.05) is 35.0 Å². The minimum absolute atomic E-state index is 0.0689. The smallest absolute Gasteiger partial charge is 0.349 e. The van der Waals surface area contributed by atoms with Crippen LogP contribution >= 0.6 is 11.6 Å². The summed E-state index contributed by atoms with van der Waals surface area (Å²) >= 11 is 6.01. The molecule has 4 aromatic rings. The largest absolute Gasteiger partial charge is 0.422 e. The molecule has 0 N–H and O–H groups in total. The first-order valence-corrected chi connectivity index (χ1v) is 7.08. The van der Waals surface area contributed by atoms with Crippen LogP contribution in [0.25, 0.3) is 33.8 Å². The van der Waals surface area contributed by atoms with E-state index in [0.717, 1.165) is 5.39 Å². The Morgan fingerprint density at radius 1 is 1.04 bits per heavy atom. The summed E-state index contributed by atoms with van der Waals surface area (Å²) in [5.41, 5.74) is 0.671. The Labute approximate surface area is 134 Å². The average Bonchev–Trinajstić information content (AvgIpc) is 3.04. The normalized spacial score (nSPS) is 11.0. The fraction of sp³-hybridized carbons (Fsp3) is 0. The van der Waals surface area contributed by atoms with E-state index in [1.807, 2.05) is 12.1 Å². The van der Waals surface area contributed by atoms with Gasteiger partial charge in [-0.15, -0.1) is 0 Å². The van der Waals surface area contributed by atoms with Crippen LogP contribution < -0.4 is 5.63 Å². The molecule has 3 aromatic heterocycles. The van der Waals surface area contributed by atoms with Gasteiger partial charge in [0, 0.05) is 11.6 Å². The highest BCUT2D eigenvalue weighted by atomic mass is 35.5. The molecule has 3 heterocycles. The van der Waals surface area contributed by atoms with Crippen LogP contribution in [0.2, 0.25) is 5.15 Å². The zero-order valence-corrected chi connectivity index (χ0v) is 12.3. The molecule has 6 nitrogen and oxygen atoms in total. The van der Waals surface area contributed by atoms with Gasteiger partial charge in [-0.2, -0.15) is 4.98 Å².